The Bertz CT molecular complexity index is 1080. The first kappa shape index (κ1) is 22.4. The molecule has 1 aliphatic rings. The lowest BCUT2D eigenvalue weighted by molar-refractivity contribution is -0.150. The molecule has 2 aromatic carbocycles. The maximum atomic E-state index is 12.7. The minimum absolute atomic E-state index is 0.00655. The van der Waals surface area contributed by atoms with E-state index in [9.17, 15) is 22.8 Å². The number of esters is 1. The Morgan fingerprint density at radius 2 is 1.52 bits per heavy atom. The van der Waals surface area contributed by atoms with Crippen molar-refractivity contribution in [2.45, 2.75) is 24.8 Å². The quantitative estimate of drug-likeness (QED) is 0.370. The van der Waals surface area contributed by atoms with Crippen LogP contribution in [0.15, 0.2) is 53.4 Å². The second-order valence-electron chi connectivity index (χ2n) is 7.25. The molecule has 2 N–H and O–H groups in total. The fourth-order valence-electron chi connectivity index (χ4n) is 3.25. The van der Waals surface area contributed by atoms with Gasteiger partial charge in [0.1, 0.15) is 25.0 Å². The SMILES string of the molecule is CC(C)[C@@H](C(=O)OCCOc1ccc(S(N)(=O)=O)cc1)N1C(=O)c2ccccc2C1=O. The van der Waals surface area contributed by atoms with Crippen molar-refractivity contribution < 1.29 is 32.3 Å². The molecule has 0 aliphatic carbocycles. The summed E-state index contributed by atoms with van der Waals surface area (Å²) in [6, 6.07) is 10.8. The number of ether oxygens (including phenoxy) is 2. The highest BCUT2D eigenvalue weighted by Gasteiger charge is 2.44. The van der Waals surface area contributed by atoms with Crippen LogP contribution in [0.4, 0.5) is 0 Å². The third kappa shape index (κ3) is 4.75. The van der Waals surface area contributed by atoms with Gasteiger partial charge in [-0.25, -0.2) is 18.4 Å². The van der Waals surface area contributed by atoms with Gasteiger partial charge in [0.15, 0.2) is 0 Å². The Hall–Kier alpha value is -3.24. The van der Waals surface area contributed by atoms with Gasteiger partial charge in [0.25, 0.3) is 11.8 Å². The number of rotatable bonds is 8. The number of hydrogen-bond donors (Lipinski definition) is 1. The van der Waals surface area contributed by atoms with Crippen LogP contribution in [0, 0.1) is 5.92 Å². The number of nitrogens with zero attached hydrogens (tertiary/aromatic N) is 1. The van der Waals surface area contributed by atoms with Crippen LogP contribution in [-0.4, -0.2) is 50.4 Å². The molecule has 0 aromatic heterocycles. The van der Waals surface area contributed by atoms with E-state index in [4.69, 9.17) is 14.6 Å². The minimum atomic E-state index is -3.80. The first-order valence-corrected chi connectivity index (χ1v) is 11.0. The lowest BCUT2D eigenvalue weighted by atomic mass is 10.0. The molecule has 1 heterocycles. The molecule has 0 radical (unpaired) electrons. The third-order valence-corrected chi connectivity index (χ3v) is 5.65. The van der Waals surface area contributed by atoms with Crippen LogP contribution in [0.5, 0.6) is 5.75 Å². The van der Waals surface area contributed by atoms with Gasteiger partial charge < -0.3 is 9.47 Å². The van der Waals surface area contributed by atoms with E-state index in [0.717, 1.165) is 4.90 Å². The van der Waals surface area contributed by atoms with E-state index in [0.29, 0.717) is 5.75 Å². The summed E-state index contributed by atoms with van der Waals surface area (Å²) >= 11 is 0. The topological polar surface area (TPSA) is 133 Å². The van der Waals surface area contributed by atoms with E-state index < -0.39 is 33.8 Å². The smallest absolute Gasteiger partial charge is 0.329 e. The molecule has 1 aliphatic heterocycles. The zero-order valence-electron chi connectivity index (χ0n) is 17.0. The van der Waals surface area contributed by atoms with Crippen molar-refractivity contribution in [1.82, 2.24) is 4.90 Å². The van der Waals surface area contributed by atoms with Crippen molar-refractivity contribution >= 4 is 27.8 Å². The largest absolute Gasteiger partial charge is 0.490 e. The molecule has 9 nitrogen and oxygen atoms in total. The van der Waals surface area contributed by atoms with Gasteiger partial charge in [0, 0.05) is 0 Å². The van der Waals surface area contributed by atoms with Gasteiger partial charge in [-0.1, -0.05) is 26.0 Å². The summed E-state index contributed by atoms with van der Waals surface area (Å²) in [6.45, 7) is 3.31. The molecule has 3 rings (SSSR count). The summed E-state index contributed by atoms with van der Waals surface area (Å²) < 4.78 is 33.2. The average Bonchev–Trinajstić information content (AvgIpc) is 2.96. The second kappa shape index (κ2) is 8.86. The second-order valence-corrected chi connectivity index (χ2v) is 8.81. The standard InChI is InChI=1S/C21H22N2O7S/c1-13(2)18(23-19(24)16-5-3-4-6-17(16)20(23)25)21(26)30-12-11-29-14-7-9-15(10-8-14)31(22,27)28/h3-10,13,18H,11-12H2,1-2H3,(H2,22,27,28)/t18-/m0/s1. The lowest BCUT2D eigenvalue weighted by Gasteiger charge is -2.27. The summed E-state index contributed by atoms with van der Waals surface area (Å²) in [5.41, 5.74) is 0.523. The van der Waals surface area contributed by atoms with Crippen LogP contribution in [0.25, 0.3) is 0 Å². The highest BCUT2D eigenvalue weighted by Crippen LogP contribution is 2.27. The molecule has 10 heteroatoms. The molecular formula is C21H22N2O7S. The lowest BCUT2D eigenvalue weighted by Crippen LogP contribution is -2.48. The van der Waals surface area contributed by atoms with Crippen LogP contribution in [0.3, 0.4) is 0 Å². The number of benzene rings is 2. The van der Waals surface area contributed by atoms with Gasteiger partial charge in [-0.3, -0.25) is 14.5 Å². The monoisotopic (exact) mass is 446 g/mol. The molecular weight excluding hydrogens is 424 g/mol. The van der Waals surface area contributed by atoms with Crippen LogP contribution in [0.2, 0.25) is 0 Å². The summed E-state index contributed by atoms with van der Waals surface area (Å²) in [5, 5.41) is 5.04. The van der Waals surface area contributed by atoms with Gasteiger partial charge in [0.2, 0.25) is 10.0 Å². The number of nitrogens with two attached hydrogens (primary N) is 1. The maximum absolute atomic E-state index is 12.7. The van der Waals surface area contributed by atoms with Gasteiger partial charge in [-0.2, -0.15) is 0 Å². The zero-order chi connectivity index (χ0) is 22.8. The summed E-state index contributed by atoms with van der Waals surface area (Å²) in [5.74, 6) is -1.76. The number of carbonyl (C=O) groups excluding carboxylic acids is 3. The number of imide groups is 1. The fourth-order valence-corrected chi connectivity index (χ4v) is 3.76. The van der Waals surface area contributed by atoms with Crippen molar-refractivity contribution in [3.05, 3.63) is 59.7 Å². The number of fused-ring (bicyclic) bond motifs is 1. The highest BCUT2D eigenvalue weighted by atomic mass is 32.2. The molecule has 164 valence electrons. The molecule has 31 heavy (non-hydrogen) atoms. The number of sulfonamides is 1. The predicted octanol–water partition coefficient (Wildman–Crippen LogP) is 1.58. The molecule has 0 unspecified atom stereocenters. The maximum Gasteiger partial charge on any atom is 0.329 e. The van der Waals surface area contributed by atoms with Crippen LogP contribution in [-0.2, 0) is 19.6 Å². The molecule has 0 saturated heterocycles. The van der Waals surface area contributed by atoms with E-state index in [1.165, 1.54) is 24.3 Å². The van der Waals surface area contributed by atoms with Crippen molar-refractivity contribution in [1.29, 1.82) is 0 Å². The van der Waals surface area contributed by atoms with Gasteiger partial charge in [0.05, 0.1) is 16.0 Å². The van der Waals surface area contributed by atoms with E-state index in [2.05, 4.69) is 0 Å². The summed E-state index contributed by atoms with van der Waals surface area (Å²) in [6.07, 6.45) is 0. The number of amides is 2. The number of hydrogen-bond acceptors (Lipinski definition) is 7. The molecule has 0 spiro atoms. The third-order valence-electron chi connectivity index (χ3n) is 4.73. The molecule has 0 bridgehead atoms. The van der Waals surface area contributed by atoms with Crippen LogP contribution in [0.1, 0.15) is 34.6 Å². The van der Waals surface area contributed by atoms with Crippen molar-refractivity contribution in [3.63, 3.8) is 0 Å². The molecule has 2 aromatic rings. The van der Waals surface area contributed by atoms with E-state index in [1.54, 1.807) is 38.1 Å². The molecule has 0 fully saturated rings. The van der Waals surface area contributed by atoms with Crippen LogP contribution < -0.4 is 9.88 Å². The van der Waals surface area contributed by atoms with E-state index in [-0.39, 0.29) is 35.2 Å². The minimum Gasteiger partial charge on any atom is -0.490 e. The van der Waals surface area contributed by atoms with Gasteiger partial charge in [-0.15, -0.1) is 0 Å². The normalized spacial score (nSPS) is 14.5. The van der Waals surface area contributed by atoms with Crippen molar-refractivity contribution in [3.8, 4) is 5.75 Å². The van der Waals surface area contributed by atoms with Gasteiger partial charge >= 0.3 is 5.97 Å². The Morgan fingerprint density at radius 1 is 0.968 bits per heavy atom. The Balaban J connectivity index is 1.60. The first-order valence-electron chi connectivity index (χ1n) is 9.50. The molecule has 1 atom stereocenters. The van der Waals surface area contributed by atoms with Crippen molar-refractivity contribution in [2.24, 2.45) is 11.1 Å². The Morgan fingerprint density at radius 3 is 2.00 bits per heavy atom. The Labute approximate surface area is 179 Å². The van der Waals surface area contributed by atoms with Crippen molar-refractivity contribution in [2.75, 3.05) is 13.2 Å². The van der Waals surface area contributed by atoms with Gasteiger partial charge in [-0.05, 0) is 42.3 Å². The van der Waals surface area contributed by atoms with E-state index in [1.807, 2.05) is 0 Å². The number of carbonyl (C=O) groups is 3. The first-order chi connectivity index (χ1) is 14.6. The zero-order valence-corrected chi connectivity index (χ0v) is 17.8. The van der Waals surface area contributed by atoms with E-state index >= 15 is 0 Å². The number of primary sulfonamides is 1. The Kier molecular flexibility index (Phi) is 6.42. The fraction of sp³-hybridized carbons (Fsp3) is 0.286. The summed E-state index contributed by atoms with van der Waals surface area (Å²) in [7, 11) is -3.80. The van der Waals surface area contributed by atoms with Crippen LogP contribution >= 0.6 is 0 Å². The molecule has 0 saturated carbocycles. The molecule has 2 amide bonds. The highest BCUT2D eigenvalue weighted by molar-refractivity contribution is 7.89. The average molecular weight is 446 g/mol. The predicted molar refractivity (Wildman–Crippen MR) is 110 cm³/mol. The summed E-state index contributed by atoms with van der Waals surface area (Å²) in [4.78, 5) is 39.0.